The molecule has 1 N–H and O–H groups in total. The van der Waals surface area contributed by atoms with Crippen molar-refractivity contribution in [1.29, 1.82) is 0 Å². The zero-order valence-electron chi connectivity index (χ0n) is 19.3. The largest absolute Gasteiger partial charge is 0.493 e. The highest BCUT2D eigenvalue weighted by molar-refractivity contribution is 7.99. The van der Waals surface area contributed by atoms with Gasteiger partial charge < -0.3 is 9.30 Å². The van der Waals surface area contributed by atoms with E-state index in [9.17, 15) is 4.79 Å². The lowest BCUT2D eigenvalue weighted by molar-refractivity contribution is -0.113. The monoisotopic (exact) mass is 486 g/mol. The molecule has 0 saturated heterocycles. The normalized spacial score (nSPS) is 14.5. The highest BCUT2D eigenvalue weighted by atomic mass is 32.2. The summed E-state index contributed by atoms with van der Waals surface area (Å²) in [6.45, 7) is 4.93. The first kappa shape index (κ1) is 23.7. The third-order valence-electron chi connectivity index (χ3n) is 5.50. The fourth-order valence-corrected chi connectivity index (χ4v) is 5.38. The van der Waals surface area contributed by atoms with Crippen LogP contribution in [0.2, 0.25) is 0 Å². The van der Waals surface area contributed by atoms with Gasteiger partial charge in [0.05, 0.1) is 12.4 Å². The van der Waals surface area contributed by atoms with E-state index >= 15 is 0 Å². The van der Waals surface area contributed by atoms with Gasteiger partial charge in [0.25, 0.3) is 0 Å². The number of ether oxygens (including phenoxy) is 1. The molecule has 4 rings (SSSR count). The van der Waals surface area contributed by atoms with E-state index in [1.54, 1.807) is 0 Å². The summed E-state index contributed by atoms with van der Waals surface area (Å²) in [5, 5.41) is 22.2. The van der Waals surface area contributed by atoms with Gasteiger partial charge in [-0.15, -0.1) is 20.4 Å². The van der Waals surface area contributed by atoms with Gasteiger partial charge in [-0.3, -0.25) is 10.1 Å². The molecule has 2 heterocycles. The molecule has 8 nitrogen and oxygen atoms in total. The van der Waals surface area contributed by atoms with Crippen LogP contribution in [0.5, 0.6) is 5.75 Å². The Balaban J connectivity index is 1.30. The predicted molar refractivity (Wildman–Crippen MR) is 132 cm³/mol. The Morgan fingerprint density at radius 2 is 1.91 bits per heavy atom. The van der Waals surface area contributed by atoms with Gasteiger partial charge in [0.15, 0.2) is 11.0 Å². The minimum Gasteiger partial charge on any atom is -0.493 e. The third kappa shape index (κ3) is 6.32. The second-order valence-corrected chi connectivity index (χ2v) is 10.7. The van der Waals surface area contributed by atoms with Gasteiger partial charge in [-0.1, -0.05) is 56.2 Å². The van der Waals surface area contributed by atoms with Gasteiger partial charge in [0, 0.05) is 18.5 Å². The molecule has 2 aromatic heterocycles. The first-order valence-electron chi connectivity index (χ1n) is 11.4. The molecule has 3 aromatic rings. The number of carbonyl (C=O) groups excluding carboxylic acids is 1. The van der Waals surface area contributed by atoms with E-state index in [1.165, 1.54) is 55.2 Å². The van der Waals surface area contributed by atoms with Crippen molar-refractivity contribution in [3.8, 4) is 17.1 Å². The maximum absolute atomic E-state index is 12.4. The molecule has 1 aliphatic carbocycles. The summed E-state index contributed by atoms with van der Waals surface area (Å²) in [6.07, 6.45) is 6.13. The molecule has 0 spiro atoms. The third-order valence-corrected chi connectivity index (χ3v) is 7.53. The number of thioether (sulfide) groups is 1. The molecule has 0 unspecified atom stereocenters. The summed E-state index contributed by atoms with van der Waals surface area (Å²) >= 11 is 2.84. The van der Waals surface area contributed by atoms with Crippen molar-refractivity contribution in [2.45, 2.75) is 57.0 Å². The molecule has 33 heavy (non-hydrogen) atoms. The lowest BCUT2D eigenvalue weighted by Gasteiger charge is -2.18. The minimum absolute atomic E-state index is 0.123. The van der Waals surface area contributed by atoms with Crippen LogP contribution in [-0.4, -0.2) is 43.2 Å². The van der Waals surface area contributed by atoms with Crippen molar-refractivity contribution >= 4 is 34.1 Å². The van der Waals surface area contributed by atoms with Gasteiger partial charge in [-0.2, -0.15) is 0 Å². The van der Waals surface area contributed by atoms with E-state index in [0.717, 1.165) is 22.1 Å². The number of benzene rings is 1. The van der Waals surface area contributed by atoms with Crippen molar-refractivity contribution in [1.82, 2.24) is 25.0 Å². The second-order valence-electron chi connectivity index (χ2n) is 8.71. The number of rotatable bonds is 9. The zero-order valence-corrected chi connectivity index (χ0v) is 20.9. The van der Waals surface area contributed by atoms with Crippen molar-refractivity contribution in [2.75, 3.05) is 17.7 Å². The van der Waals surface area contributed by atoms with Crippen molar-refractivity contribution in [3.63, 3.8) is 0 Å². The maximum Gasteiger partial charge on any atom is 0.236 e. The number of nitrogens with zero attached hydrogens (tertiary/aromatic N) is 5. The molecule has 0 atom stereocenters. The number of anilines is 1. The molecule has 1 amide bonds. The van der Waals surface area contributed by atoms with Crippen molar-refractivity contribution < 1.29 is 9.53 Å². The molecule has 10 heteroatoms. The number of hydrogen-bond acceptors (Lipinski definition) is 8. The van der Waals surface area contributed by atoms with E-state index in [2.05, 4.69) is 39.6 Å². The Morgan fingerprint density at radius 1 is 1.15 bits per heavy atom. The van der Waals surface area contributed by atoms with E-state index in [0.29, 0.717) is 28.7 Å². The predicted octanol–water partition coefficient (Wildman–Crippen LogP) is 5.15. The second kappa shape index (κ2) is 11.1. The zero-order chi connectivity index (χ0) is 23.2. The quantitative estimate of drug-likeness (QED) is 0.418. The van der Waals surface area contributed by atoms with E-state index < -0.39 is 0 Å². The molecule has 1 aromatic carbocycles. The summed E-state index contributed by atoms with van der Waals surface area (Å²) < 4.78 is 7.64. The van der Waals surface area contributed by atoms with Crippen molar-refractivity contribution in [2.24, 2.45) is 13.0 Å². The van der Waals surface area contributed by atoms with Crippen LogP contribution in [0.25, 0.3) is 11.4 Å². The van der Waals surface area contributed by atoms with Crippen LogP contribution in [0.4, 0.5) is 5.13 Å². The van der Waals surface area contributed by atoms with Gasteiger partial charge in [-0.25, -0.2) is 0 Å². The Kier molecular flexibility index (Phi) is 7.97. The first-order valence-corrected chi connectivity index (χ1v) is 13.2. The number of aromatic nitrogens is 5. The number of carbonyl (C=O) groups is 1. The average molecular weight is 487 g/mol. The summed E-state index contributed by atoms with van der Waals surface area (Å²) in [4.78, 5) is 12.4. The van der Waals surface area contributed by atoms with Crippen LogP contribution in [0.1, 0.15) is 56.9 Å². The molecular weight excluding hydrogens is 456 g/mol. The molecular formula is C23H30N6O2S2. The van der Waals surface area contributed by atoms with Crippen LogP contribution in [0.15, 0.2) is 29.4 Å². The van der Waals surface area contributed by atoms with Crippen molar-refractivity contribution in [3.05, 3.63) is 29.3 Å². The molecule has 0 aliphatic heterocycles. The van der Waals surface area contributed by atoms with E-state index in [1.807, 2.05) is 35.9 Å². The first-order chi connectivity index (χ1) is 16.0. The smallest absolute Gasteiger partial charge is 0.236 e. The van der Waals surface area contributed by atoms with Crippen LogP contribution in [0, 0.1) is 5.92 Å². The Bertz CT molecular complexity index is 1060. The molecule has 1 aliphatic rings. The number of hydrogen-bond donors (Lipinski definition) is 1. The van der Waals surface area contributed by atoms with Crippen LogP contribution >= 0.6 is 23.1 Å². The topological polar surface area (TPSA) is 94.8 Å². The maximum atomic E-state index is 12.4. The fraction of sp³-hybridized carbons (Fsp3) is 0.522. The molecule has 1 fully saturated rings. The van der Waals surface area contributed by atoms with Gasteiger partial charge in [-0.05, 0) is 43.0 Å². The average Bonchev–Trinajstić information content (AvgIpc) is 3.44. The summed E-state index contributed by atoms with van der Waals surface area (Å²) in [6, 6.07) is 7.83. The minimum atomic E-state index is -0.123. The van der Waals surface area contributed by atoms with Gasteiger partial charge in [0.2, 0.25) is 11.0 Å². The SMILES string of the molecule is CC(C)COc1ccc(-c2nnc(SCC(=O)Nc3nnc(C4CCCCC4)s3)n2C)cc1. The molecule has 176 valence electrons. The molecule has 0 radical (unpaired) electrons. The lowest BCUT2D eigenvalue weighted by Crippen LogP contribution is -2.14. The van der Waals surface area contributed by atoms with Gasteiger partial charge >= 0.3 is 0 Å². The number of amides is 1. The lowest BCUT2D eigenvalue weighted by atomic mass is 9.90. The molecule has 1 saturated carbocycles. The van der Waals surface area contributed by atoms with E-state index in [-0.39, 0.29) is 11.7 Å². The van der Waals surface area contributed by atoms with Crippen LogP contribution < -0.4 is 10.1 Å². The Labute approximate surface area is 202 Å². The fourth-order valence-electron chi connectivity index (χ4n) is 3.74. The molecule has 0 bridgehead atoms. The van der Waals surface area contributed by atoms with E-state index in [4.69, 9.17) is 4.74 Å². The summed E-state index contributed by atoms with van der Waals surface area (Å²) in [5.41, 5.74) is 0.947. The highest BCUT2D eigenvalue weighted by Crippen LogP contribution is 2.35. The van der Waals surface area contributed by atoms with Crippen LogP contribution in [-0.2, 0) is 11.8 Å². The van der Waals surface area contributed by atoms with Gasteiger partial charge in [0.1, 0.15) is 10.8 Å². The number of nitrogens with one attached hydrogen (secondary N) is 1. The Hall–Kier alpha value is -2.46. The van der Waals surface area contributed by atoms with Crippen LogP contribution in [0.3, 0.4) is 0 Å². The summed E-state index contributed by atoms with van der Waals surface area (Å²) in [5.74, 6) is 2.66. The highest BCUT2D eigenvalue weighted by Gasteiger charge is 2.20. The summed E-state index contributed by atoms with van der Waals surface area (Å²) in [7, 11) is 1.90. The standard InChI is InChI=1S/C23H30N6O2S2/c1-15(2)13-31-18-11-9-16(10-12-18)20-25-28-23(29(20)3)32-14-19(30)24-22-27-26-21(33-22)17-7-5-4-6-8-17/h9-12,15,17H,4-8,13-14H2,1-3H3,(H,24,27,30). The Morgan fingerprint density at radius 3 is 2.64 bits per heavy atom.